The van der Waals surface area contributed by atoms with Crippen molar-refractivity contribution in [2.75, 3.05) is 18.0 Å². The van der Waals surface area contributed by atoms with Crippen LogP contribution in [0.2, 0.25) is 0 Å². The fourth-order valence-electron chi connectivity index (χ4n) is 3.40. The van der Waals surface area contributed by atoms with Gasteiger partial charge in [-0.2, -0.15) is 5.10 Å². The third-order valence-electron chi connectivity index (χ3n) is 4.88. The lowest BCUT2D eigenvalue weighted by molar-refractivity contribution is 0.334. The van der Waals surface area contributed by atoms with Gasteiger partial charge in [0.2, 0.25) is 0 Å². The molecule has 0 spiro atoms. The van der Waals surface area contributed by atoms with Gasteiger partial charge in [0.25, 0.3) is 11.1 Å². The van der Waals surface area contributed by atoms with Crippen molar-refractivity contribution >= 4 is 5.82 Å². The third kappa shape index (κ3) is 3.79. The molecule has 0 radical (unpaired) electrons. The Labute approximate surface area is 155 Å². The summed E-state index contributed by atoms with van der Waals surface area (Å²) in [4.78, 5) is 37.0. The van der Waals surface area contributed by atoms with Gasteiger partial charge in [0.15, 0.2) is 5.82 Å². The number of H-pyrrole nitrogens is 1. The van der Waals surface area contributed by atoms with Crippen LogP contribution >= 0.6 is 0 Å². The number of pyridine rings is 1. The normalized spacial score (nSPS) is 15.0. The van der Waals surface area contributed by atoms with Crippen LogP contribution in [0.3, 0.4) is 0 Å². The quantitative estimate of drug-likeness (QED) is 0.750. The number of nitrogens with zero attached hydrogens (tertiary/aromatic N) is 5. The zero-order valence-corrected chi connectivity index (χ0v) is 14.8. The van der Waals surface area contributed by atoms with Crippen molar-refractivity contribution in [3.63, 3.8) is 0 Å². The summed E-state index contributed by atoms with van der Waals surface area (Å²) in [5.74, 6) is 0.799. The number of hydrogen-bond acceptors (Lipinski definition) is 6. The molecule has 0 bridgehead atoms. The fourth-order valence-corrected chi connectivity index (χ4v) is 3.40. The van der Waals surface area contributed by atoms with Crippen LogP contribution in [-0.4, -0.2) is 37.8 Å². The summed E-state index contributed by atoms with van der Waals surface area (Å²) in [7, 11) is 0. The molecule has 27 heavy (non-hydrogen) atoms. The zero-order chi connectivity index (χ0) is 18.6. The number of nitrogens with one attached hydrogen (secondary N) is 1. The maximum Gasteiger partial charge on any atom is 0.290 e. The van der Waals surface area contributed by atoms with Crippen LogP contribution in [-0.2, 0) is 6.54 Å². The van der Waals surface area contributed by atoms with E-state index in [1.54, 1.807) is 35.4 Å². The molecule has 1 aliphatic rings. The van der Waals surface area contributed by atoms with Gasteiger partial charge in [0.1, 0.15) is 0 Å². The Kier molecular flexibility index (Phi) is 4.78. The number of hydrogen-bond donors (Lipinski definition) is 1. The molecule has 0 aliphatic carbocycles. The van der Waals surface area contributed by atoms with Gasteiger partial charge in [-0.15, -0.1) is 0 Å². The summed E-state index contributed by atoms with van der Waals surface area (Å²) in [6, 6.07) is 7.05. The summed E-state index contributed by atoms with van der Waals surface area (Å²) in [5, 5.41) is 4.52. The Balaban J connectivity index is 1.46. The van der Waals surface area contributed by atoms with E-state index in [1.807, 2.05) is 17.0 Å². The molecule has 0 aromatic carbocycles. The van der Waals surface area contributed by atoms with Gasteiger partial charge in [0.05, 0.1) is 5.69 Å². The molecule has 0 amide bonds. The molecule has 1 saturated heterocycles. The first-order valence-corrected chi connectivity index (χ1v) is 8.98. The molecule has 3 aromatic rings. The lowest BCUT2D eigenvalue weighted by Gasteiger charge is -2.32. The summed E-state index contributed by atoms with van der Waals surface area (Å²) < 4.78 is 1.55. The first-order valence-electron chi connectivity index (χ1n) is 8.98. The summed E-state index contributed by atoms with van der Waals surface area (Å²) in [5.41, 5.74) is 1.42. The van der Waals surface area contributed by atoms with Crippen molar-refractivity contribution in [1.29, 1.82) is 0 Å². The average molecular weight is 364 g/mol. The zero-order valence-electron chi connectivity index (χ0n) is 14.8. The lowest BCUT2D eigenvalue weighted by atomic mass is 9.97. The number of piperidine rings is 1. The Morgan fingerprint density at radius 1 is 1.04 bits per heavy atom. The minimum atomic E-state index is -0.168. The van der Waals surface area contributed by atoms with Crippen LogP contribution in [0.1, 0.15) is 12.8 Å². The van der Waals surface area contributed by atoms with Gasteiger partial charge < -0.3 is 9.88 Å². The van der Waals surface area contributed by atoms with Crippen molar-refractivity contribution < 1.29 is 0 Å². The van der Waals surface area contributed by atoms with Gasteiger partial charge >= 0.3 is 0 Å². The molecule has 3 aromatic heterocycles. The molecular weight excluding hydrogens is 344 g/mol. The van der Waals surface area contributed by atoms with Crippen LogP contribution in [0.5, 0.6) is 0 Å². The predicted molar refractivity (Wildman–Crippen MR) is 102 cm³/mol. The maximum atomic E-state index is 12.2. The third-order valence-corrected chi connectivity index (χ3v) is 4.88. The Morgan fingerprint density at radius 2 is 1.81 bits per heavy atom. The molecule has 0 unspecified atom stereocenters. The van der Waals surface area contributed by atoms with E-state index in [0.717, 1.165) is 37.2 Å². The van der Waals surface area contributed by atoms with Crippen LogP contribution in [0.4, 0.5) is 5.82 Å². The smallest absolute Gasteiger partial charge is 0.290 e. The van der Waals surface area contributed by atoms with Crippen LogP contribution in [0.15, 0.2) is 58.6 Å². The molecule has 138 valence electrons. The maximum absolute atomic E-state index is 12.2. The minimum absolute atomic E-state index is 0.101. The van der Waals surface area contributed by atoms with Crippen molar-refractivity contribution in [3.05, 3.63) is 69.8 Å². The van der Waals surface area contributed by atoms with E-state index in [-0.39, 0.29) is 11.1 Å². The van der Waals surface area contributed by atoms with Crippen LogP contribution < -0.4 is 16.0 Å². The van der Waals surface area contributed by atoms with Crippen molar-refractivity contribution in [1.82, 2.24) is 24.7 Å². The van der Waals surface area contributed by atoms with Crippen LogP contribution in [0, 0.1) is 5.92 Å². The first kappa shape index (κ1) is 17.1. The summed E-state index contributed by atoms with van der Waals surface area (Å²) in [6.45, 7) is 2.05. The van der Waals surface area contributed by atoms with E-state index >= 15 is 0 Å². The van der Waals surface area contributed by atoms with Crippen molar-refractivity contribution in [2.24, 2.45) is 5.92 Å². The summed E-state index contributed by atoms with van der Waals surface area (Å²) >= 11 is 0. The number of aromatic nitrogens is 5. The van der Waals surface area contributed by atoms with E-state index in [9.17, 15) is 9.59 Å². The topological polar surface area (TPSA) is 96.8 Å². The van der Waals surface area contributed by atoms with Crippen molar-refractivity contribution in [3.8, 4) is 11.3 Å². The Morgan fingerprint density at radius 3 is 2.56 bits per heavy atom. The number of anilines is 1. The standard InChI is InChI=1S/C19H20N6O2/c26-17-2-1-16(15-3-7-20-8-4-15)23-25(17)13-14-5-11-24(12-6-14)18-19(27)22-10-9-21-18/h1-4,7-10,14H,5-6,11-13H2,(H,22,27). The molecule has 8 heteroatoms. The summed E-state index contributed by atoms with van der Waals surface area (Å²) in [6.07, 6.45) is 8.31. The second kappa shape index (κ2) is 7.53. The van der Waals surface area contributed by atoms with Gasteiger partial charge in [-0.05, 0) is 37.0 Å². The highest BCUT2D eigenvalue weighted by Gasteiger charge is 2.22. The monoisotopic (exact) mass is 364 g/mol. The highest BCUT2D eigenvalue weighted by Crippen LogP contribution is 2.21. The molecule has 0 atom stereocenters. The van der Waals surface area contributed by atoms with Gasteiger partial charge in [-0.3, -0.25) is 14.6 Å². The highest BCUT2D eigenvalue weighted by atomic mass is 16.1. The fraction of sp³-hybridized carbons (Fsp3) is 0.316. The van der Waals surface area contributed by atoms with E-state index in [0.29, 0.717) is 18.3 Å². The van der Waals surface area contributed by atoms with Crippen LogP contribution in [0.25, 0.3) is 11.3 Å². The van der Waals surface area contributed by atoms with Gasteiger partial charge in [0, 0.05) is 56.1 Å². The minimum Gasteiger partial charge on any atom is -0.352 e. The van der Waals surface area contributed by atoms with Crippen molar-refractivity contribution in [2.45, 2.75) is 19.4 Å². The molecule has 1 N–H and O–H groups in total. The predicted octanol–water partition coefficient (Wildman–Crippen LogP) is 1.31. The van der Waals surface area contributed by atoms with Gasteiger partial charge in [-0.25, -0.2) is 9.67 Å². The largest absolute Gasteiger partial charge is 0.352 e. The number of rotatable bonds is 4. The van der Waals surface area contributed by atoms with E-state index < -0.39 is 0 Å². The molecule has 1 fully saturated rings. The Hall–Kier alpha value is -3.29. The SMILES string of the molecule is O=c1[nH]ccnc1N1CCC(Cn2nc(-c3ccncc3)ccc2=O)CC1. The van der Waals surface area contributed by atoms with E-state index in [4.69, 9.17) is 0 Å². The van der Waals surface area contributed by atoms with E-state index in [2.05, 4.69) is 20.1 Å². The first-order chi connectivity index (χ1) is 13.2. The molecule has 0 saturated carbocycles. The Bertz CT molecular complexity index is 1020. The molecule has 1 aliphatic heterocycles. The lowest BCUT2D eigenvalue weighted by Crippen LogP contribution is -2.39. The second-order valence-electron chi connectivity index (χ2n) is 6.65. The molecule has 8 nitrogen and oxygen atoms in total. The highest BCUT2D eigenvalue weighted by molar-refractivity contribution is 5.56. The van der Waals surface area contributed by atoms with E-state index in [1.165, 1.54) is 6.20 Å². The second-order valence-corrected chi connectivity index (χ2v) is 6.65. The van der Waals surface area contributed by atoms with Gasteiger partial charge in [-0.1, -0.05) is 0 Å². The molecular formula is C19H20N6O2. The average Bonchev–Trinajstić information content (AvgIpc) is 2.71. The number of aromatic amines is 1. The molecule has 4 rings (SSSR count). The molecule has 4 heterocycles.